The van der Waals surface area contributed by atoms with E-state index in [0.717, 1.165) is 19.6 Å². The molecule has 1 aromatic heterocycles. The molecule has 0 amide bonds. The van der Waals surface area contributed by atoms with Crippen molar-refractivity contribution in [1.82, 2.24) is 15.0 Å². The smallest absolute Gasteiger partial charge is 0.243 e. The van der Waals surface area contributed by atoms with Gasteiger partial charge >= 0.3 is 0 Å². The summed E-state index contributed by atoms with van der Waals surface area (Å²) < 4.78 is 5.29. The summed E-state index contributed by atoms with van der Waals surface area (Å²) in [5.74, 6) is 6.84. The lowest BCUT2D eigenvalue weighted by Crippen LogP contribution is -2.37. The Morgan fingerprint density at radius 2 is 1.94 bits per heavy atom. The van der Waals surface area contributed by atoms with E-state index in [1.165, 1.54) is 0 Å². The van der Waals surface area contributed by atoms with Crippen molar-refractivity contribution in [2.75, 3.05) is 48.5 Å². The second-order valence-corrected chi connectivity index (χ2v) is 3.56. The number of nitrogens with zero attached hydrogens (tertiary/aromatic N) is 4. The Kier molecular flexibility index (Phi) is 3.89. The summed E-state index contributed by atoms with van der Waals surface area (Å²) in [5, 5.41) is 3.05. The van der Waals surface area contributed by atoms with Crippen LogP contribution in [-0.2, 0) is 4.74 Å². The highest BCUT2D eigenvalue weighted by Gasteiger charge is 2.15. The highest BCUT2D eigenvalue weighted by Crippen LogP contribution is 2.14. The third-order valence-corrected chi connectivity index (χ3v) is 2.38. The molecule has 0 bridgehead atoms. The topological polar surface area (TPSA) is 101 Å². The standard InChI is InChI=1S/C9H17N7O/c1-2-11-7-12-8(15-10)14-9(13-7)16-3-5-17-6-4-16/h2-6,10H2,1H3,(H2,11,12,13,14,15). The van der Waals surface area contributed by atoms with Gasteiger partial charge in [0.1, 0.15) is 0 Å². The molecular weight excluding hydrogens is 222 g/mol. The molecule has 8 heteroatoms. The summed E-state index contributed by atoms with van der Waals surface area (Å²) in [4.78, 5) is 14.7. The van der Waals surface area contributed by atoms with Crippen molar-refractivity contribution in [3.05, 3.63) is 0 Å². The van der Waals surface area contributed by atoms with E-state index in [9.17, 15) is 0 Å². The Bertz CT molecular complexity index is 366. The van der Waals surface area contributed by atoms with Crippen molar-refractivity contribution in [2.24, 2.45) is 5.84 Å². The molecule has 2 rings (SSSR count). The first-order valence-corrected chi connectivity index (χ1v) is 5.62. The molecule has 2 heterocycles. The number of hydrazine groups is 1. The van der Waals surface area contributed by atoms with Crippen LogP contribution < -0.4 is 21.5 Å². The van der Waals surface area contributed by atoms with Gasteiger partial charge in [0.2, 0.25) is 17.8 Å². The second kappa shape index (κ2) is 5.60. The Balaban J connectivity index is 2.21. The minimum atomic E-state index is 0.359. The number of nitrogens with two attached hydrogens (primary N) is 1. The molecule has 0 atom stereocenters. The zero-order chi connectivity index (χ0) is 12.1. The number of nitrogen functional groups attached to an aromatic ring is 1. The molecule has 8 nitrogen and oxygen atoms in total. The number of rotatable bonds is 4. The predicted octanol–water partition coefficient (Wildman–Crippen LogP) is -0.574. The van der Waals surface area contributed by atoms with Gasteiger partial charge in [0.15, 0.2) is 0 Å². The molecule has 0 unspecified atom stereocenters. The number of anilines is 3. The monoisotopic (exact) mass is 239 g/mol. The first kappa shape index (κ1) is 11.8. The van der Waals surface area contributed by atoms with E-state index in [4.69, 9.17) is 10.6 Å². The van der Waals surface area contributed by atoms with Gasteiger partial charge in [-0.05, 0) is 6.92 Å². The Labute approximate surface area is 99.6 Å². The number of hydrogen-bond donors (Lipinski definition) is 3. The first-order valence-electron chi connectivity index (χ1n) is 5.62. The molecule has 4 N–H and O–H groups in total. The molecule has 0 spiro atoms. The minimum absolute atomic E-state index is 0.359. The van der Waals surface area contributed by atoms with Gasteiger partial charge in [0.05, 0.1) is 13.2 Å². The summed E-state index contributed by atoms with van der Waals surface area (Å²) in [5.41, 5.74) is 2.45. The molecule has 94 valence electrons. The summed E-state index contributed by atoms with van der Waals surface area (Å²) in [6, 6.07) is 0. The summed E-state index contributed by atoms with van der Waals surface area (Å²) in [6.07, 6.45) is 0. The quantitative estimate of drug-likeness (QED) is 0.474. The molecule has 0 aromatic carbocycles. The zero-order valence-electron chi connectivity index (χ0n) is 9.81. The molecule has 1 saturated heterocycles. The van der Waals surface area contributed by atoms with Gasteiger partial charge in [-0.2, -0.15) is 15.0 Å². The fraction of sp³-hybridized carbons (Fsp3) is 0.667. The van der Waals surface area contributed by atoms with Crippen molar-refractivity contribution in [3.8, 4) is 0 Å². The van der Waals surface area contributed by atoms with Crippen molar-refractivity contribution < 1.29 is 4.74 Å². The average Bonchev–Trinajstić information content (AvgIpc) is 2.40. The number of ether oxygens (including phenoxy) is 1. The SMILES string of the molecule is CCNc1nc(NN)nc(N2CCOCC2)n1. The summed E-state index contributed by atoms with van der Waals surface area (Å²) in [6.45, 7) is 5.66. The van der Waals surface area contributed by atoms with Gasteiger partial charge < -0.3 is 15.0 Å². The van der Waals surface area contributed by atoms with Crippen LogP contribution in [0, 0.1) is 0 Å². The normalized spacial score (nSPS) is 15.8. The fourth-order valence-corrected chi connectivity index (χ4v) is 1.57. The lowest BCUT2D eigenvalue weighted by Gasteiger charge is -2.27. The van der Waals surface area contributed by atoms with Crippen molar-refractivity contribution in [3.63, 3.8) is 0 Å². The van der Waals surface area contributed by atoms with Crippen LogP contribution in [0.25, 0.3) is 0 Å². The first-order chi connectivity index (χ1) is 8.33. The minimum Gasteiger partial charge on any atom is -0.378 e. The zero-order valence-corrected chi connectivity index (χ0v) is 9.81. The lowest BCUT2D eigenvalue weighted by atomic mass is 10.4. The van der Waals surface area contributed by atoms with Crippen molar-refractivity contribution in [1.29, 1.82) is 0 Å². The molecule has 0 aliphatic carbocycles. The molecule has 0 radical (unpaired) electrons. The molecule has 1 aromatic rings. The van der Waals surface area contributed by atoms with Gasteiger partial charge in [-0.25, -0.2) is 5.84 Å². The van der Waals surface area contributed by atoms with Crippen molar-refractivity contribution in [2.45, 2.75) is 6.92 Å². The third-order valence-electron chi connectivity index (χ3n) is 2.38. The Morgan fingerprint density at radius 3 is 2.59 bits per heavy atom. The van der Waals surface area contributed by atoms with E-state index in [2.05, 4.69) is 25.7 Å². The van der Waals surface area contributed by atoms with Gasteiger partial charge in [0, 0.05) is 19.6 Å². The van der Waals surface area contributed by atoms with E-state index in [1.807, 2.05) is 11.8 Å². The van der Waals surface area contributed by atoms with Gasteiger partial charge in [-0.15, -0.1) is 0 Å². The highest BCUT2D eigenvalue weighted by molar-refractivity contribution is 5.43. The maximum atomic E-state index is 5.34. The van der Waals surface area contributed by atoms with E-state index < -0.39 is 0 Å². The largest absolute Gasteiger partial charge is 0.378 e. The van der Waals surface area contributed by atoms with Crippen LogP contribution in [0.3, 0.4) is 0 Å². The fourth-order valence-electron chi connectivity index (χ4n) is 1.57. The van der Waals surface area contributed by atoms with Crippen LogP contribution in [0.5, 0.6) is 0 Å². The van der Waals surface area contributed by atoms with Gasteiger partial charge in [-0.3, -0.25) is 5.43 Å². The van der Waals surface area contributed by atoms with Crippen LogP contribution in [0.4, 0.5) is 17.8 Å². The van der Waals surface area contributed by atoms with E-state index >= 15 is 0 Å². The highest BCUT2D eigenvalue weighted by atomic mass is 16.5. The summed E-state index contributed by atoms with van der Waals surface area (Å²) in [7, 11) is 0. The average molecular weight is 239 g/mol. The molecule has 1 fully saturated rings. The van der Waals surface area contributed by atoms with Crippen LogP contribution in [0.15, 0.2) is 0 Å². The Hall–Kier alpha value is -1.67. The van der Waals surface area contributed by atoms with E-state index in [1.54, 1.807) is 0 Å². The second-order valence-electron chi connectivity index (χ2n) is 3.56. The third kappa shape index (κ3) is 2.92. The number of nitrogens with one attached hydrogen (secondary N) is 2. The number of hydrogen-bond acceptors (Lipinski definition) is 8. The summed E-state index contributed by atoms with van der Waals surface area (Å²) >= 11 is 0. The van der Waals surface area contributed by atoms with E-state index in [-0.39, 0.29) is 0 Å². The molecule has 17 heavy (non-hydrogen) atoms. The van der Waals surface area contributed by atoms with Crippen LogP contribution >= 0.6 is 0 Å². The Morgan fingerprint density at radius 1 is 1.24 bits per heavy atom. The van der Waals surface area contributed by atoms with Crippen LogP contribution in [0.2, 0.25) is 0 Å². The molecule has 1 aliphatic rings. The van der Waals surface area contributed by atoms with Gasteiger partial charge in [0.25, 0.3) is 0 Å². The lowest BCUT2D eigenvalue weighted by molar-refractivity contribution is 0.122. The maximum Gasteiger partial charge on any atom is 0.243 e. The predicted molar refractivity (Wildman–Crippen MR) is 64.8 cm³/mol. The maximum absolute atomic E-state index is 5.34. The van der Waals surface area contributed by atoms with Crippen LogP contribution in [-0.4, -0.2) is 47.8 Å². The molecular formula is C9H17N7O. The van der Waals surface area contributed by atoms with Crippen molar-refractivity contribution >= 4 is 17.8 Å². The van der Waals surface area contributed by atoms with Crippen LogP contribution in [0.1, 0.15) is 6.92 Å². The molecule has 0 saturated carbocycles. The number of aromatic nitrogens is 3. The van der Waals surface area contributed by atoms with E-state index in [0.29, 0.717) is 31.1 Å². The number of morpholine rings is 1. The van der Waals surface area contributed by atoms with Gasteiger partial charge in [-0.1, -0.05) is 0 Å². The molecule has 1 aliphatic heterocycles.